The first-order valence-corrected chi connectivity index (χ1v) is 8.20. The Morgan fingerprint density at radius 2 is 2.09 bits per heavy atom. The number of aromatic nitrogens is 1. The van der Waals surface area contributed by atoms with Crippen LogP contribution in [0.2, 0.25) is 0 Å². The van der Waals surface area contributed by atoms with Crippen LogP contribution in [0.15, 0.2) is 18.5 Å². The van der Waals surface area contributed by atoms with E-state index in [2.05, 4.69) is 28.6 Å². The van der Waals surface area contributed by atoms with Gasteiger partial charge >= 0.3 is 0 Å². The fourth-order valence-corrected chi connectivity index (χ4v) is 2.60. The van der Waals surface area contributed by atoms with Crippen molar-refractivity contribution in [2.24, 2.45) is 0 Å². The summed E-state index contributed by atoms with van der Waals surface area (Å²) in [4.78, 5) is 23.2. The van der Waals surface area contributed by atoms with Gasteiger partial charge in [0.05, 0.1) is 12.1 Å². The largest absolute Gasteiger partial charge is 0.337 e. The third kappa shape index (κ3) is 5.34. The second kappa shape index (κ2) is 8.66. The summed E-state index contributed by atoms with van der Waals surface area (Å²) in [6, 6.07) is 1.85. The average Bonchev–Trinajstić information content (AvgIpc) is 2.79. The van der Waals surface area contributed by atoms with Crippen molar-refractivity contribution in [1.29, 1.82) is 0 Å². The van der Waals surface area contributed by atoms with Gasteiger partial charge in [0.25, 0.3) is 5.91 Å². The number of hydrogen-bond donors (Lipinski definition) is 0. The highest BCUT2D eigenvalue weighted by molar-refractivity contribution is 5.94. The molecule has 0 spiro atoms. The molecule has 5 nitrogen and oxygen atoms in total. The molecule has 0 bridgehead atoms. The molecule has 1 aliphatic rings. The molecule has 23 heavy (non-hydrogen) atoms. The maximum absolute atomic E-state index is 12.7. The molecular formula is C18H26N4O. The molecule has 0 unspecified atom stereocenters. The number of carbonyl (C=O) groups excluding carboxylic acids is 1. The Bertz CT molecular complexity index is 588. The monoisotopic (exact) mass is 314 g/mol. The highest BCUT2D eigenvalue weighted by atomic mass is 16.2. The molecule has 1 amide bonds. The molecule has 1 fully saturated rings. The van der Waals surface area contributed by atoms with Crippen molar-refractivity contribution in [3.8, 4) is 11.8 Å². The Morgan fingerprint density at radius 1 is 1.26 bits per heavy atom. The molecule has 124 valence electrons. The zero-order valence-electron chi connectivity index (χ0n) is 14.4. The Hall–Kier alpha value is -1.90. The molecule has 0 atom stereocenters. The molecule has 1 aromatic rings. The Labute approximate surface area is 139 Å². The van der Waals surface area contributed by atoms with E-state index in [9.17, 15) is 4.79 Å². The summed E-state index contributed by atoms with van der Waals surface area (Å²) in [6.45, 7) is 7.50. The van der Waals surface area contributed by atoms with E-state index in [4.69, 9.17) is 0 Å². The van der Waals surface area contributed by atoms with Crippen LogP contribution < -0.4 is 0 Å². The van der Waals surface area contributed by atoms with Gasteiger partial charge < -0.3 is 9.80 Å². The fourth-order valence-electron chi connectivity index (χ4n) is 2.60. The van der Waals surface area contributed by atoms with E-state index in [1.165, 1.54) is 0 Å². The van der Waals surface area contributed by atoms with E-state index >= 15 is 0 Å². The second-order valence-corrected chi connectivity index (χ2v) is 6.08. The lowest BCUT2D eigenvalue weighted by Gasteiger charge is -2.21. The van der Waals surface area contributed by atoms with Crippen LogP contribution in [0.4, 0.5) is 0 Å². The molecule has 0 N–H and O–H groups in total. The molecule has 1 aliphatic heterocycles. The Kier molecular flexibility index (Phi) is 6.57. The van der Waals surface area contributed by atoms with Gasteiger partial charge in [-0.1, -0.05) is 18.8 Å². The van der Waals surface area contributed by atoms with Crippen LogP contribution >= 0.6 is 0 Å². The van der Waals surface area contributed by atoms with Gasteiger partial charge in [0.1, 0.15) is 0 Å². The average molecular weight is 314 g/mol. The normalized spacial score (nSPS) is 15.9. The summed E-state index contributed by atoms with van der Waals surface area (Å²) in [5.41, 5.74) is 1.43. The van der Waals surface area contributed by atoms with Crippen molar-refractivity contribution in [3.05, 3.63) is 29.6 Å². The topological polar surface area (TPSA) is 39.7 Å². The van der Waals surface area contributed by atoms with Gasteiger partial charge in [-0.15, -0.1) is 0 Å². The zero-order chi connectivity index (χ0) is 16.7. The standard InChI is InChI=1S/C18H26N4O/c1-4-21-9-6-10-22(12-11-21)18(23)17-13-16(14-19-15-17)7-5-8-20(2)3/h13-15H,4,6,8-12H2,1-3H3. The summed E-state index contributed by atoms with van der Waals surface area (Å²) in [7, 11) is 3.96. The maximum Gasteiger partial charge on any atom is 0.255 e. The highest BCUT2D eigenvalue weighted by Gasteiger charge is 2.19. The number of nitrogens with zero attached hydrogens (tertiary/aromatic N) is 4. The predicted molar refractivity (Wildman–Crippen MR) is 92.3 cm³/mol. The molecule has 1 saturated heterocycles. The molecular weight excluding hydrogens is 288 g/mol. The lowest BCUT2D eigenvalue weighted by atomic mass is 10.2. The van der Waals surface area contributed by atoms with Gasteiger partial charge in [0, 0.05) is 37.6 Å². The van der Waals surface area contributed by atoms with Crippen molar-refractivity contribution in [1.82, 2.24) is 19.7 Å². The Morgan fingerprint density at radius 3 is 2.83 bits per heavy atom. The van der Waals surface area contributed by atoms with Gasteiger partial charge in [-0.25, -0.2) is 0 Å². The lowest BCUT2D eigenvalue weighted by molar-refractivity contribution is 0.0761. The molecule has 0 radical (unpaired) electrons. The second-order valence-electron chi connectivity index (χ2n) is 6.08. The van der Waals surface area contributed by atoms with E-state index in [0.29, 0.717) is 12.1 Å². The summed E-state index contributed by atoms with van der Waals surface area (Å²) in [5, 5.41) is 0. The molecule has 2 heterocycles. The minimum atomic E-state index is 0.0618. The number of rotatable bonds is 3. The summed E-state index contributed by atoms with van der Waals surface area (Å²) >= 11 is 0. The lowest BCUT2D eigenvalue weighted by Crippen LogP contribution is -2.35. The van der Waals surface area contributed by atoms with Crippen LogP contribution in [-0.4, -0.2) is 79.0 Å². The first-order chi connectivity index (χ1) is 11.1. The number of hydrogen-bond acceptors (Lipinski definition) is 4. The molecule has 5 heteroatoms. The number of pyridine rings is 1. The van der Waals surface area contributed by atoms with Crippen LogP contribution in [0.5, 0.6) is 0 Å². The van der Waals surface area contributed by atoms with E-state index in [1.54, 1.807) is 12.4 Å². The van der Waals surface area contributed by atoms with Crippen LogP contribution in [0.25, 0.3) is 0 Å². The first kappa shape index (κ1) is 17.5. The minimum Gasteiger partial charge on any atom is -0.337 e. The third-order valence-electron chi connectivity index (χ3n) is 3.94. The van der Waals surface area contributed by atoms with Crippen molar-refractivity contribution in [2.75, 3.05) is 53.4 Å². The van der Waals surface area contributed by atoms with Crippen molar-refractivity contribution in [2.45, 2.75) is 13.3 Å². The maximum atomic E-state index is 12.7. The fraction of sp³-hybridized carbons (Fsp3) is 0.556. The van der Waals surface area contributed by atoms with Crippen LogP contribution in [0.3, 0.4) is 0 Å². The van der Waals surface area contributed by atoms with E-state index < -0.39 is 0 Å². The van der Waals surface area contributed by atoms with Crippen molar-refractivity contribution >= 4 is 5.91 Å². The van der Waals surface area contributed by atoms with Crippen LogP contribution in [0, 0.1) is 11.8 Å². The van der Waals surface area contributed by atoms with Crippen molar-refractivity contribution < 1.29 is 4.79 Å². The summed E-state index contributed by atoms with van der Waals surface area (Å²) in [5.74, 6) is 6.21. The van der Waals surface area contributed by atoms with Crippen LogP contribution in [-0.2, 0) is 0 Å². The quantitative estimate of drug-likeness (QED) is 0.785. The van der Waals surface area contributed by atoms with Gasteiger partial charge in [0.2, 0.25) is 0 Å². The molecule has 0 aliphatic carbocycles. The molecule has 0 aromatic carbocycles. The van der Waals surface area contributed by atoms with Gasteiger partial charge in [-0.3, -0.25) is 14.7 Å². The smallest absolute Gasteiger partial charge is 0.255 e. The summed E-state index contributed by atoms with van der Waals surface area (Å²) < 4.78 is 0. The van der Waals surface area contributed by atoms with Gasteiger partial charge in [-0.2, -0.15) is 0 Å². The molecule has 2 rings (SSSR count). The predicted octanol–water partition coefficient (Wildman–Crippen LogP) is 1.16. The number of amides is 1. The van der Waals surface area contributed by atoms with Crippen LogP contribution in [0.1, 0.15) is 29.3 Å². The first-order valence-electron chi connectivity index (χ1n) is 8.20. The SMILES string of the molecule is CCN1CCCN(C(=O)c2cncc(C#CCN(C)C)c2)CC1. The summed E-state index contributed by atoms with van der Waals surface area (Å²) in [6.07, 6.45) is 4.37. The van der Waals surface area contributed by atoms with Gasteiger partial charge in [-0.05, 0) is 39.7 Å². The minimum absolute atomic E-state index is 0.0618. The molecule has 0 saturated carbocycles. The number of likely N-dealkylation sites (N-methyl/N-ethyl adjacent to an activating group) is 1. The van der Waals surface area contributed by atoms with E-state index in [-0.39, 0.29) is 5.91 Å². The van der Waals surface area contributed by atoms with Crippen molar-refractivity contribution in [3.63, 3.8) is 0 Å². The number of carbonyl (C=O) groups is 1. The third-order valence-corrected chi connectivity index (χ3v) is 3.94. The van der Waals surface area contributed by atoms with Gasteiger partial charge in [0.15, 0.2) is 0 Å². The highest BCUT2D eigenvalue weighted by Crippen LogP contribution is 2.10. The van der Waals surface area contributed by atoms with E-state index in [1.807, 2.05) is 30.0 Å². The Balaban J connectivity index is 2.05. The zero-order valence-corrected chi connectivity index (χ0v) is 14.4. The van der Waals surface area contributed by atoms with E-state index in [0.717, 1.165) is 44.7 Å². The molecule has 1 aromatic heterocycles.